The molecular formula is C11H19NO9. The highest BCUT2D eigenvalue weighted by Gasteiger charge is 2.53. The number of hydrogen-bond donors (Lipinski definition) is 7. The van der Waals surface area contributed by atoms with E-state index in [1.807, 2.05) is 0 Å². The Balaban J connectivity index is 3.07. The second-order valence-corrected chi connectivity index (χ2v) is 4.91. The number of rotatable bonds is 5. The van der Waals surface area contributed by atoms with Crippen molar-refractivity contribution in [1.82, 2.24) is 5.32 Å². The molecule has 21 heavy (non-hydrogen) atoms. The number of amides is 1. The van der Waals surface area contributed by atoms with E-state index in [9.17, 15) is 30.0 Å². The maximum absolute atomic E-state index is 11.1. The van der Waals surface area contributed by atoms with Crippen molar-refractivity contribution in [2.75, 3.05) is 6.61 Å². The number of aliphatic carboxylic acids is 1. The second kappa shape index (κ2) is 6.64. The summed E-state index contributed by atoms with van der Waals surface area (Å²) in [4.78, 5) is 22.1. The van der Waals surface area contributed by atoms with Crippen molar-refractivity contribution in [1.29, 1.82) is 0 Å². The molecule has 0 aromatic carbocycles. The zero-order chi connectivity index (χ0) is 16.4. The highest BCUT2D eigenvalue weighted by Crippen LogP contribution is 2.30. The third-order valence-corrected chi connectivity index (χ3v) is 3.21. The maximum Gasteiger partial charge on any atom is 0.364 e. The molecule has 1 fully saturated rings. The summed E-state index contributed by atoms with van der Waals surface area (Å²) in [6.07, 6.45) is -7.48. The zero-order valence-corrected chi connectivity index (χ0v) is 11.2. The Kier molecular flexibility index (Phi) is 5.61. The van der Waals surface area contributed by atoms with Gasteiger partial charge in [0.25, 0.3) is 5.79 Å². The molecule has 10 heteroatoms. The van der Waals surface area contributed by atoms with Gasteiger partial charge >= 0.3 is 5.97 Å². The topological polar surface area (TPSA) is 177 Å². The van der Waals surface area contributed by atoms with Gasteiger partial charge in [0.05, 0.1) is 18.8 Å². The first-order valence-corrected chi connectivity index (χ1v) is 6.18. The van der Waals surface area contributed by atoms with Crippen LogP contribution in [0, 0.1) is 0 Å². The summed E-state index contributed by atoms with van der Waals surface area (Å²) in [5.74, 6) is -5.17. The molecular weight excluding hydrogens is 290 g/mol. The van der Waals surface area contributed by atoms with Crippen molar-refractivity contribution < 1.29 is 45.0 Å². The molecule has 1 aliphatic heterocycles. The molecule has 1 saturated heterocycles. The fraction of sp³-hybridized carbons (Fsp3) is 0.818. The smallest absolute Gasteiger partial charge is 0.364 e. The van der Waals surface area contributed by atoms with Crippen LogP contribution in [-0.2, 0) is 14.3 Å². The quantitative estimate of drug-likeness (QED) is 0.268. The van der Waals surface area contributed by atoms with Crippen LogP contribution in [0.25, 0.3) is 0 Å². The summed E-state index contributed by atoms with van der Waals surface area (Å²) in [5, 5.41) is 59.0. The Bertz CT molecular complexity index is 403. The van der Waals surface area contributed by atoms with E-state index in [-0.39, 0.29) is 0 Å². The first-order chi connectivity index (χ1) is 9.62. The molecule has 1 aliphatic rings. The van der Waals surface area contributed by atoms with E-state index in [0.717, 1.165) is 6.92 Å². The van der Waals surface area contributed by atoms with Crippen molar-refractivity contribution >= 4 is 11.9 Å². The molecule has 0 aromatic heterocycles. The third-order valence-electron chi connectivity index (χ3n) is 3.21. The van der Waals surface area contributed by atoms with Crippen molar-refractivity contribution in [3.05, 3.63) is 0 Å². The van der Waals surface area contributed by atoms with Gasteiger partial charge in [-0.1, -0.05) is 0 Å². The summed E-state index contributed by atoms with van der Waals surface area (Å²) in [5.41, 5.74) is 0. The average molecular weight is 309 g/mol. The van der Waals surface area contributed by atoms with Crippen molar-refractivity contribution in [2.45, 2.75) is 49.6 Å². The predicted octanol–water partition coefficient (Wildman–Crippen LogP) is -3.87. The monoisotopic (exact) mass is 309 g/mol. The normalized spacial score (nSPS) is 35.8. The number of carbonyl (C=O) groups is 2. The summed E-state index contributed by atoms with van der Waals surface area (Å²) in [7, 11) is 0. The summed E-state index contributed by atoms with van der Waals surface area (Å²) in [6.45, 7) is 0.256. The number of carboxylic acids is 1. The van der Waals surface area contributed by atoms with Gasteiger partial charge in [0, 0.05) is 13.3 Å². The fourth-order valence-corrected chi connectivity index (χ4v) is 2.14. The van der Waals surface area contributed by atoms with Crippen molar-refractivity contribution in [2.24, 2.45) is 0 Å². The van der Waals surface area contributed by atoms with Crippen LogP contribution in [0.5, 0.6) is 0 Å². The van der Waals surface area contributed by atoms with Crippen LogP contribution in [0.3, 0.4) is 0 Å². The van der Waals surface area contributed by atoms with E-state index in [1.165, 1.54) is 0 Å². The van der Waals surface area contributed by atoms with Gasteiger partial charge in [0.15, 0.2) is 0 Å². The molecule has 1 rings (SSSR count). The van der Waals surface area contributed by atoms with Gasteiger partial charge in [-0.3, -0.25) is 4.79 Å². The van der Waals surface area contributed by atoms with Gasteiger partial charge in [-0.25, -0.2) is 4.79 Å². The highest BCUT2D eigenvalue weighted by molar-refractivity contribution is 5.76. The van der Waals surface area contributed by atoms with Crippen molar-refractivity contribution in [3.63, 3.8) is 0 Å². The summed E-state index contributed by atoms with van der Waals surface area (Å²) >= 11 is 0. The number of hydrogen-bond acceptors (Lipinski definition) is 8. The Labute approximate surface area is 119 Å². The van der Waals surface area contributed by atoms with Gasteiger partial charge in [0.2, 0.25) is 5.91 Å². The fourth-order valence-electron chi connectivity index (χ4n) is 2.14. The standard InChI is InChI=1S/C11H19NO9/c1-4(14)12-7-5(15)2-11(20,10(18)19)21-9(7)8(17)6(16)3-13/h5-9,13,15-17,20H,2-3H2,1H3,(H,12,14)(H,18,19)/t5-,6-,7-,8-,9+,11-/m1/s1. The summed E-state index contributed by atoms with van der Waals surface area (Å²) in [6, 6.07) is -1.27. The van der Waals surface area contributed by atoms with E-state index in [1.54, 1.807) is 0 Å². The largest absolute Gasteiger partial charge is 0.477 e. The van der Waals surface area contributed by atoms with Crippen LogP contribution in [0.15, 0.2) is 0 Å². The Morgan fingerprint density at radius 3 is 2.43 bits per heavy atom. The summed E-state index contributed by atoms with van der Waals surface area (Å²) < 4.78 is 4.86. The Morgan fingerprint density at radius 1 is 1.43 bits per heavy atom. The minimum atomic E-state index is -2.78. The molecule has 122 valence electrons. The Morgan fingerprint density at radius 2 is 2.00 bits per heavy atom. The number of ether oxygens (including phenoxy) is 1. The van der Waals surface area contributed by atoms with Gasteiger partial charge in [-0.2, -0.15) is 0 Å². The lowest BCUT2D eigenvalue weighted by Crippen LogP contribution is -2.67. The molecule has 1 amide bonds. The van der Waals surface area contributed by atoms with E-state index in [4.69, 9.17) is 14.9 Å². The number of nitrogens with one attached hydrogen (secondary N) is 1. The first kappa shape index (κ1) is 17.8. The van der Waals surface area contributed by atoms with Gasteiger partial charge in [-0.15, -0.1) is 0 Å². The van der Waals surface area contributed by atoms with E-state index >= 15 is 0 Å². The maximum atomic E-state index is 11.1. The minimum Gasteiger partial charge on any atom is -0.477 e. The highest BCUT2D eigenvalue weighted by atomic mass is 16.7. The number of aliphatic hydroxyl groups is 5. The van der Waals surface area contributed by atoms with E-state index in [0.29, 0.717) is 0 Å². The van der Waals surface area contributed by atoms with Gasteiger partial charge in [-0.05, 0) is 0 Å². The van der Waals surface area contributed by atoms with Gasteiger partial charge < -0.3 is 40.7 Å². The molecule has 0 unspecified atom stereocenters. The lowest BCUT2D eigenvalue weighted by Gasteiger charge is -2.44. The van der Waals surface area contributed by atoms with Gasteiger partial charge in [0.1, 0.15) is 18.3 Å². The number of carbonyl (C=O) groups excluding carboxylic acids is 1. The zero-order valence-electron chi connectivity index (χ0n) is 11.2. The SMILES string of the molecule is CC(=O)N[C@H]1[C@@H]([C@H](O)[C@H](O)CO)O[C@@](O)(C(=O)O)C[C@H]1O. The molecule has 0 saturated carbocycles. The lowest BCUT2D eigenvalue weighted by molar-refractivity contribution is -0.295. The number of aliphatic hydroxyl groups excluding tert-OH is 4. The van der Waals surface area contributed by atoms with Crippen LogP contribution < -0.4 is 5.32 Å². The average Bonchev–Trinajstić information content (AvgIpc) is 2.39. The van der Waals surface area contributed by atoms with Crippen molar-refractivity contribution in [3.8, 4) is 0 Å². The van der Waals surface area contributed by atoms with Crippen LogP contribution >= 0.6 is 0 Å². The van der Waals surface area contributed by atoms with Crippen LogP contribution in [0.4, 0.5) is 0 Å². The molecule has 10 nitrogen and oxygen atoms in total. The third kappa shape index (κ3) is 3.87. The van der Waals surface area contributed by atoms with Crippen LogP contribution in [-0.4, -0.2) is 85.4 Å². The Hall–Kier alpha value is -1.30. The molecule has 0 spiro atoms. The van der Waals surface area contributed by atoms with E-state index < -0.39 is 61.1 Å². The molecule has 0 aliphatic carbocycles. The van der Waals surface area contributed by atoms with E-state index in [2.05, 4.69) is 5.32 Å². The molecule has 7 N–H and O–H groups in total. The predicted molar refractivity (Wildman–Crippen MR) is 64.8 cm³/mol. The second-order valence-electron chi connectivity index (χ2n) is 4.91. The molecule has 0 bridgehead atoms. The molecule has 0 radical (unpaired) electrons. The number of carboxylic acid groups (broad SMARTS) is 1. The first-order valence-electron chi connectivity index (χ1n) is 6.18. The molecule has 1 heterocycles. The van der Waals surface area contributed by atoms with Crippen LogP contribution in [0.1, 0.15) is 13.3 Å². The molecule has 6 atom stereocenters. The van der Waals surface area contributed by atoms with Crippen LogP contribution in [0.2, 0.25) is 0 Å². The lowest BCUT2D eigenvalue weighted by atomic mass is 9.88. The minimum absolute atomic E-state index is 0.598. The molecule has 0 aromatic rings.